The maximum absolute atomic E-state index is 12.2. The number of anilines is 1. The molecule has 1 N–H and O–H groups in total. The third-order valence-electron chi connectivity index (χ3n) is 6.43. The number of rotatable bonds is 5. The van der Waals surface area contributed by atoms with Crippen molar-refractivity contribution in [1.82, 2.24) is 10.2 Å². The average Bonchev–Trinajstić information content (AvgIpc) is 2.75. The predicted molar refractivity (Wildman–Crippen MR) is 120 cm³/mol. The van der Waals surface area contributed by atoms with Crippen molar-refractivity contribution in [3.63, 3.8) is 0 Å². The highest BCUT2D eigenvalue weighted by Gasteiger charge is 2.32. The molecule has 0 unspecified atom stereocenters. The molecule has 5 heteroatoms. The van der Waals surface area contributed by atoms with Crippen LogP contribution in [0.4, 0.5) is 5.69 Å². The normalized spacial score (nSPS) is 21.7. The van der Waals surface area contributed by atoms with Crippen LogP contribution in [-0.2, 0) is 16.1 Å². The summed E-state index contributed by atoms with van der Waals surface area (Å²) in [7, 11) is 0. The lowest BCUT2D eigenvalue weighted by Crippen LogP contribution is -2.44. The lowest BCUT2D eigenvalue weighted by Gasteiger charge is -2.39. The van der Waals surface area contributed by atoms with Gasteiger partial charge in [0.25, 0.3) is 0 Å². The third kappa shape index (κ3) is 4.26. The number of amides is 2. The Morgan fingerprint density at radius 1 is 1.07 bits per heavy atom. The van der Waals surface area contributed by atoms with E-state index in [4.69, 9.17) is 0 Å². The molecule has 158 valence electrons. The topological polar surface area (TPSA) is 52.7 Å². The second-order valence-electron chi connectivity index (χ2n) is 8.62. The fourth-order valence-corrected chi connectivity index (χ4v) is 4.94. The molecule has 2 aliphatic rings. The van der Waals surface area contributed by atoms with Crippen LogP contribution in [-0.4, -0.2) is 36.3 Å². The SMILES string of the molecule is CC(=O)N1c2ccc(-c3ccc(CN4CCCCC4)cc3)cc2[C@@H](NC=O)C[C@H]1C. The Labute approximate surface area is 179 Å². The summed E-state index contributed by atoms with van der Waals surface area (Å²) in [6, 6.07) is 15.0. The molecule has 2 heterocycles. The molecule has 0 bridgehead atoms. The first-order valence-corrected chi connectivity index (χ1v) is 11.0. The largest absolute Gasteiger partial charge is 0.352 e. The third-order valence-corrected chi connectivity index (χ3v) is 6.43. The number of nitrogens with zero attached hydrogens (tertiary/aromatic N) is 2. The number of benzene rings is 2. The molecule has 5 nitrogen and oxygen atoms in total. The minimum Gasteiger partial charge on any atom is -0.352 e. The molecule has 4 rings (SSSR count). The van der Waals surface area contributed by atoms with Gasteiger partial charge < -0.3 is 10.2 Å². The minimum absolute atomic E-state index is 0.0307. The van der Waals surface area contributed by atoms with Crippen molar-refractivity contribution in [3.05, 3.63) is 53.6 Å². The first kappa shape index (κ1) is 20.6. The molecule has 0 spiro atoms. The predicted octanol–water partition coefficient (Wildman–Crippen LogP) is 4.27. The molecular formula is C25H31N3O2. The molecule has 2 aromatic carbocycles. The van der Waals surface area contributed by atoms with Crippen molar-refractivity contribution in [2.24, 2.45) is 0 Å². The van der Waals surface area contributed by atoms with Gasteiger partial charge in [-0.3, -0.25) is 14.5 Å². The van der Waals surface area contributed by atoms with Gasteiger partial charge in [0.05, 0.1) is 6.04 Å². The number of nitrogens with one attached hydrogen (secondary N) is 1. The Morgan fingerprint density at radius 2 is 1.77 bits per heavy atom. The van der Waals surface area contributed by atoms with Gasteiger partial charge in [0.15, 0.2) is 0 Å². The van der Waals surface area contributed by atoms with E-state index in [9.17, 15) is 9.59 Å². The minimum atomic E-state index is -0.0820. The van der Waals surface area contributed by atoms with Crippen LogP contribution in [0.15, 0.2) is 42.5 Å². The molecule has 30 heavy (non-hydrogen) atoms. The first-order chi connectivity index (χ1) is 14.6. The van der Waals surface area contributed by atoms with E-state index in [0.29, 0.717) is 6.42 Å². The van der Waals surface area contributed by atoms with Crippen LogP contribution in [0, 0.1) is 0 Å². The van der Waals surface area contributed by atoms with E-state index < -0.39 is 0 Å². The van der Waals surface area contributed by atoms with Gasteiger partial charge in [-0.2, -0.15) is 0 Å². The maximum atomic E-state index is 12.2. The zero-order valence-electron chi connectivity index (χ0n) is 17.9. The summed E-state index contributed by atoms with van der Waals surface area (Å²) in [4.78, 5) is 27.8. The van der Waals surface area contributed by atoms with Gasteiger partial charge in [0.2, 0.25) is 12.3 Å². The fraction of sp³-hybridized carbons (Fsp3) is 0.440. The van der Waals surface area contributed by atoms with Crippen LogP contribution in [0.1, 0.15) is 56.7 Å². The van der Waals surface area contributed by atoms with Crippen LogP contribution in [0.25, 0.3) is 11.1 Å². The highest BCUT2D eigenvalue weighted by molar-refractivity contribution is 5.94. The van der Waals surface area contributed by atoms with Gasteiger partial charge >= 0.3 is 0 Å². The van der Waals surface area contributed by atoms with Gasteiger partial charge in [-0.15, -0.1) is 0 Å². The van der Waals surface area contributed by atoms with E-state index in [1.807, 2.05) is 17.9 Å². The Balaban J connectivity index is 1.60. The van der Waals surface area contributed by atoms with Crippen molar-refractivity contribution in [2.75, 3.05) is 18.0 Å². The fourth-order valence-electron chi connectivity index (χ4n) is 4.94. The summed E-state index contributed by atoms with van der Waals surface area (Å²) in [6.07, 6.45) is 5.43. The molecule has 2 atom stereocenters. The van der Waals surface area contributed by atoms with Crippen molar-refractivity contribution >= 4 is 18.0 Å². The summed E-state index contributed by atoms with van der Waals surface area (Å²) in [5, 5.41) is 2.94. The number of carbonyl (C=O) groups excluding carboxylic acids is 2. The zero-order chi connectivity index (χ0) is 21.1. The van der Waals surface area contributed by atoms with Crippen LogP contribution < -0.4 is 10.2 Å². The first-order valence-electron chi connectivity index (χ1n) is 11.0. The van der Waals surface area contributed by atoms with Crippen molar-refractivity contribution in [3.8, 4) is 11.1 Å². The molecule has 0 saturated carbocycles. The van der Waals surface area contributed by atoms with Crippen molar-refractivity contribution in [2.45, 2.75) is 58.2 Å². The highest BCUT2D eigenvalue weighted by Crippen LogP contribution is 2.39. The monoisotopic (exact) mass is 405 g/mol. The van der Waals surface area contributed by atoms with Crippen LogP contribution in [0.3, 0.4) is 0 Å². The summed E-state index contributed by atoms with van der Waals surface area (Å²) >= 11 is 0. The molecule has 0 aliphatic carbocycles. The number of piperidine rings is 1. The van der Waals surface area contributed by atoms with Gasteiger partial charge in [0.1, 0.15) is 0 Å². The molecule has 2 aromatic rings. The quantitative estimate of drug-likeness (QED) is 0.756. The molecule has 0 radical (unpaired) electrons. The number of carbonyl (C=O) groups is 2. The standard InChI is InChI=1S/C25H31N3O2/c1-18-14-24(26-17-29)23-15-22(10-11-25(23)28(18)19(2)30)21-8-6-20(7-9-21)16-27-12-4-3-5-13-27/h6-11,15,17-18,24H,3-5,12-14,16H2,1-2H3,(H,26,29)/t18-,24+/m1/s1. The van der Waals surface area contributed by atoms with Gasteiger partial charge in [0, 0.05) is 25.2 Å². The van der Waals surface area contributed by atoms with E-state index in [2.05, 4.69) is 46.6 Å². The van der Waals surface area contributed by atoms with Crippen molar-refractivity contribution in [1.29, 1.82) is 0 Å². The lowest BCUT2D eigenvalue weighted by molar-refractivity contribution is -0.117. The van der Waals surface area contributed by atoms with Gasteiger partial charge in [-0.1, -0.05) is 36.8 Å². The molecule has 1 saturated heterocycles. The Kier molecular flexibility index (Phi) is 6.18. The van der Waals surface area contributed by atoms with E-state index >= 15 is 0 Å². The Bertz CT molecular complexity index is 903. The Morgan fingerprint density at radius 3 is 2.43 bits per heavy atom. The summed E-state index contributed by atoms with van der Waals surface area (Å²) in [6.45, 7) is 7.04. The molecule has 0 aromatic heterocycles. The number of likely N-dealkylation sites (tertiary alicyclic amines) is 1. The second kappa shape index (κ2) is 9.00. The number of fused-ring (bicyclic) bond motifs is 1. The smallest absolute Gasteiger partial charge is 0.224 e. The van der Waals surface area contributed by atoms with Crippen molar-refractivity contribution < 1.29 is 9.59 Å². The lowest BCUT2D eigenvalue weighted by atomic mass is 9.89. The summed E-state index contributed by atoms with van der Waals surface area (Å²) in [5.74, 6) is 0.0307. The second-order valence-corrected chi connectivity index (χ2v) is 8.62. The maximum Gasteiger partial charge on any atom is 0.224 e. The zero-order valence-corrected chi connectivity index (χ0v) is 17.9. The van der Waals surface area contributed by atoms with Gasteiger partial charge in [-0.25, -0.2) is 0 Å². The summed E-state index contributed by atoms with van der Waals surface area (Å²) in [5.41, 5.74) is 5.50. The molecule has 1 fully saturated rings. The number of hydrogen-bond donors (Lipinski definition) is 1. The van der Waals surface area contributed by atoms with E-state index in [-0.39, 0.29) is 18.0 Å². The molecular weight excluding hydrogens is 374 g/mol. The Hall–Kier alpha value is -2.66. The van der Waals surface area contributed by atoms with E-state index in [1.165, 1.54) is 37.9 Å². The summed E-state index contributed by atoms with van der Waals surface area (Å²) < 4.78 is 0. The highest BCUT2D eigenvalue weighted by atomic mass is 16.2. The van der Waals surface area contributed by atoms with E-state index in [1.54, 1.807) is 6.92 Å². The number of hydrogen-bond acceptors (Lipinski definition) is 3. The molecule has 2 aliphatic heterocycles. The van der Waals surface area contributed by atoms with Crippen LogP contribution in [0.5, 0.6) is 0 Å². The van der Waals surface area contributed by atoms with E-state index in [0.717, 1.165) is 35.3 Å². The van der Waals surface area contributed by atoms with Gasteiger partial charge in [-0.05, 0) is 73.7 Å². The van der Waals surface area contributed by atoms with Crippen LogP contribution in [0.2, 0.25) is 0 Å². The molecule has 2 amide bonds. The van der Waals surface area contributed by atoms with Crippen LogP contribution >= 0.6 is 0 Å². The average molecular weight is 406 g/mol.